The summed E-state index contributed by atoms with van der Waals surface area (Å²) < 4.78 is 30.9. The molecule has 0 aliphatic carbocycles. The van der Waals surface area contributed by atoms with E-state index in [1.165, 1.54) is 4.90 Å². The summed E-state index contributed by atoms with van der Waals surface area (Å²) in [5.41, 5.74) is 0. The minimum absolute atomic E-state index is 0.0250. The molecule has 1 amide bonds. The second-order valence-corrected chi connectivity index (χ2v) is 4.63. The highest BCUT2D eigenvalue weighted by molar-refractivity contribution is 5.79. The molecular formula is C13H13F2NO4. The molecule has 0 unspecified atom stereocenters. The second kappa shape index (κ2) is 5.85. The first kappa shape index (κ1) is 14.2. The Balaban J connectivity index is 1.78. The van der Waals surface area contributed by atoms with Crippen molar-refractivity contribution in [3.63, 3.8) is 0 Å². The van der Waals surface area contributed by atoms with E-state index in [0.717, 1.165) is 12.1 Å². The lowest BCUT2D eigenvalue weighted by atomic mass is 9.96. The molecule has 1 aromatic carbocycles. The summed E-state index contributed by atoms with van der Waals surface area (Å²) >= 11 is 0. The lowest BCUT2D eigenvalue weighted by Gasteiger charge is -2.38. The van der Waals surface area contributed by atoms with Crippen molar-refractivity contribution in [1.29, 1.82) is 0 Å². The molecule has 20 heavy (non-hydrogen) atoms. The number of hydrogen-bond donors (Lipinski definition) is 1. The van der Waals surface area contributed by atoms with Gasteiger partial charge in [0.2, 0.25) is 0 Å². The molecule has 1 aliphatic rings. The van der Waals surface area contributed by atoms with Gasteiger partial charge in [-0.15, -0.1) is 0 Å². The van der Waals surface area contributed by atoms with Crippen LogP contribution >= 0.6 is 0 Å². The van der Waals surface area contributed by atoms with Crippen molar-refractivity contribution in [2.45, 2.75) is 6.42 Å². The van der Waals surface area contributed by atoms with E-state index in [1.807, 2.05) is 0 Å². The highest BCUT2D eigenvalue weighted by atomic mass is 19.1. The van der Waals surface area contributed by atoms with Gasteiger partial charge in [0.15, 0.2) is 18.2 Å². The number of nitrogens with zero attached hydrogens (tertiary/aromatic N) is 1. The SMILES string of the molecule is O=C(O)CC1CN(C(=O)COc2ccc(F)cc2F)C1. The molecule has 1 fully saturated rings. The predicted octanol–water partition coefficient (Wildman–Crippen LogP) is 1.28. The number of carbonyl (C=O) groups is 2. The molecule has 1 aliphatic heterocycles. The normalized spacial score (nSPS) is 14.8. The number of hydrogen-bond acceptors (Lipinski definition) is 3. The number of carbonyl (C=O) groups excluding carboxylic acids is 1. The lowest BCUT2D eigenvalue weighted by Crippen LogP contribution is -2.52. The fourth-order valence-electron chi connectivity index (χ4n) is 1.97. The number of carboxylic acids is 1. The quantitative estimate of drug-likeness (QED) is 0.885. The van der Waals surface area contributed by atoms with E-state index in [4.69, 9.17) is 9.84 Å². The van der Waals surface area contributed by atoms with Crippen LogP contribution in [0.2, 0.25) is 0 Å². The zero-order valence-corrected chi connectivity index (χ0v) is 10.5. The number of carboxylic acid groups (broad SMARTS) is 1. The Hall–Kier alpha value is -2.18. The fourth-order valence-corrected chi connectivity index (χ4v) is 1.97. The molecule has 1 aromatic rings. The first-order chi connectivity index (χ1) is 9.45. The van der Waals surface area contributed by atoms with Crippen molar-refractivity contribution < 1.29 is 28.2 Å². The number of amides is 1. The minimum Gasteiger partial charge on any atom is -0.481 e. The van der Waals surface area contributed by atoms with Gasteiger partial charge in [-0.2, -0.15) is 0 Å². The van der Waals surface area contributed by atoms with Gasteiger partial charge in [0.25, 0.3) is 5.91 Å². The van der Waals surface area contributed by atoms with Gasteiger partial charge in [-0.1, -0.05) is 0 Å². The fraction of sp³-hybridized carbons (Fsp3) is 0.385. The maximum Gasteiger partial charge on any atom is 0.303 e. The van der Waals surface area contributed by atoms with Crippen LogP contribution in [0.1, 0.15) is 6.42 Å². The molecule has 7 heteroatoms. The molecule has 0 saturated carbocycles. The summed E-state index contributed by atoms with van der Waals surface area (Å²) in [7, 11) is 0. The van der Waals surface area contributed by atoms with Crippen LogP contribution in [0.4, 0.5) is 8.78 Å². The Morgan fingerprint density at radius 1 is 1.35 bits per heavy atom. The summed E-state index contributed by atoms with van der Waals surface area (Å²) in [4.78, 5) is 23.6. The Labute approximate surface area is 113 Å². The third kappa shape index (κ3) is 3.43. The molecule has 1 N–H and O–H groups in total. The summed E-state index contributed by atoms with van der Waals surface area (Å²) in [6.45, 7) is 0.364. The average molecular weight is 285 g/mol. The van der Waals surface area contributed by atoms with Gasteiger partial charge in [0, 0.05) is 25.1 Å². The summed E-state index contributed by atoms with van der Waals surface area (Å²) in [5, 5.41) is 8.58. The molecule has 1 heterocycles. The van der Waals surface area contributed by atoms with Gasteiger partial charge in [0.1, 0.15) is 5.82 Å². The van der Waals surface area contributed by atoms with Crippen LogP contribution in [0, 0.1) is 17.6 Å². The molecule has 0 spiro atoms. The predicted molar refractivity (Wildman–Crippen MR) is 64.2 cm³/mol. The number of likely N-dealkylation sites (tertiary alicyclic amines) is 1. The molecule has 0 radical (unpaired) electrons. The van der Waals surface area contributed by atoms with Gasteiger partial charge in [0.05, 0.1) is 6.42 Å². The number of halogens is 2. The molecular weight excluding hydrogens is 272 g/mol. The van der Waals surface area contributed by atoms with E-state index in [2.05, 4.69) is 0 Å². The average Bonchev–Trinajstić information content (AvgIpc) is 2.31. The molecule has 108 valence electrons. The van der Waals surface area contributed by atoms with E-state index in [9.17, 15) is 18.4 Å². The van der Waals surface area contributed by atoms with Crippen molar-refractivity contribution in [2.24, 2.45) is 5.92 Å². The van der Waals surface area contributed by atoms with Crippen LogP contribution in [-0.4, -0.2) is 41.6 Å². The maximum atomic E-state index is 13.2. The smallest absolute Gasteiger partial charge is 0.303 e. The molecule has 2 rings (SSSR count). The van der Waals surface area contributed by atoms with E-state index in [1.54, 1.807) is 0 Å². The monoisotopic (exact) mass is 285 g/mol. The molecule has 0 atom stereocenters. The molecule has 0 aromatic heterocycles. The zero-order chi connectivity index (χ0) is 14.7. The third-order valence-electron chi connectivity index (χ3n) is 3.02. The van der Waals surface area contributed by atoms with Gasteiger partial charge < -0.3 is 14.7 Å². The number of ether oxygens (including phenoxy) is 1. The lowest BCUT2D eigenvalue weighted by molar-refractivity contribution is -0.146. The Bertz CT molecular complexity index is 529. The standard InChI is InChI=1S/C13H13F2NO4/c14-9-1-2-11(10(15)4-9)20-7-12(17)16-5-8(6-16)3-13(18)19/h1-2,4,8H,3,5-7H2,(H,18,19). The van der Waals surface area contributed by atoms with Crippen molar-refractivity contribution in [1.82, 2.24) is 4.90 Å². The summed E-state index contributed by atoms with van der Waals surface area (Å²) in [6.07, 6.45) is 0.0250. The molecule has 1 saturated heterocycles. The zero-order valence-electron chi connectivity index (χ0n) is 10.5. The summed E-state index contributed by atoms with van der Waals surface area (Å²) in [5.74, 6) is -3.07. The first-order valence-electron chi connectivity index (χ1n) is 6.03. The molecule has 0 bridgehead atoms. The van der Waals surface area contributed by atoms with Gasteiger partial charge in [-0.3, -0.25) is 9.59 Å². The number of aliphatic carboxylic acids is 1. The van der Waals surface area contributed by atoms with Crippen LogP contribution in [0.25, 0.3) is 0 Å². The minimum atomic E-state index is -0.897. The van der Waals surface area contributed by atoms with E-state index in [-0.39, 0.29) is 30.6 Å². The second-order valence-electron chi connectivity index (χ2n) is 4.63. The van der Waals surface area contributed by atoms with Gasteiger partial charge >= 0.3 is 5.97 Å². The largest absolute Gasteiger partial charge is 0.481 e. The highest BCUT2D eigenvalue weighted by Gasteiger charge is 2.32. The topological polar surface area (TPSA) is 66.8 Å². The third-order valence-corrected chi connectivity index (χ3v) is 3.02. The number of benzene rings is 1. The maximum absolute atomic E-state index is 13.2. The van der Waals surface area contributed by atoms with Crippen LogP contribution in [0.3, 0.4) is 0 Å². The Morgan fingerprint density at radius 2 is 2.05 bits per heavy atom. The van der Waals surface area contributed by atoms with Crippen LogP contribution in [-0.2, 0) is 9.59 Å². The van der Waals surface area contributed by atoms with Crippen LogP contribution in [0.5, 0.6) is 5.75 Å². The van der Waals surface area contributed by atoms with Crippen molar-refractivity contribution in [3.8, 4) is 5.75 Å². The van der Waals surface area contributed by atoms with E-state index in [0.29, 0.717) is 19.2 Å². The van der Waals surface area contributed by atoms with E-state index < -0.39 is 17.6 Å². The first-order valence-corrected chi connectivity index (χ1v) is 6.03. The van der Waals surface area contributed by atoms with Crippen LogP contribution < -0.4 is 4.74 Å². The number of rotatable bonds is 5. The van der Waals surface area contributed by atoms with Crippen molar-refractivity contribution in [3.05, 3.63) is 29.8 Å². The highest BCUT2D eigenvalue weighted by Crippen LogP contribution is 2.21. The van der Waals surface area contributed by atoms with Gasteiger partial charge in [-0.05, 0) is 12.1 Å². The van der Waals surface area contributed by atoms with Gasteiger partial charge in [-0.25, -0.2) is 8.78 Å². The van der Waals surface area contributed by atoms with Crippen LogP contribution in [0.15, 0.2) is 18.2 Å². The van der Waals surface area contributed by atoms with Crippen molar-refractivity contribution >= 4 is 11.9 Å². The van der Waals surface area contributed by atoms with Crippen molar-refractivity contribution in [2.75, 3.05) is 19.7 Å². The summed E-state index contributed by atoms with van der Waals surface area (Å²) in [6, 6.07) is 2.82. The molecule has 5 nitrogen and oxygen atoms in total. The Kier molecular flexibility index (Phi) is 4.16. The Morgan fingerprint density at radius 3 is 2.65 bits per heavy atom. The van der Waals surface area contributed by atoms with E-state index >= 15 is 0 Å².